The number of hydrogen-bond donors (Lipinski definition) is 0. The highest BCUT2D eigenvalue weighted by molar-refractivity contribution is 6.28. The van der Waals surface area contributed by atoms with Crippen molar-refractivity contribution in [2.45, 2.75) is 12.6 Å². The van der Waals surface area contributed by atoms with Gasteiger partial charge >= 0.3 is 0 Å². The zero-order chi connectivity index (χ0) is 13.1. The van der Waals surface area contributed by atoms with Gasteiger partial charge in [-0.3, -0.25) is 4.90 Å². The molecule has 1 atom stereocenters. The third-order valence-corrected chi connectivity index (χ3v) is 3.53. The van der Waals surface area contributed by atoms with Crippen LogP contribution in [-0.4, -0.2) is 24.6 Å². The van der Waals surface area contributed by atoms with E-state index in [1.807, 2.05) is 24.3 Å². The average Bonchev–Trinajstić information content (AvgIpc) is 2.85. The van der Waals surface area contributed by atoms with E-state index in [1.165, 1.54) is 5.56 Å². The van der Waals surface area contributed by atoms with E-state index < -0.39 is 0 Å². The van der Waals surface area contributed by atoms with Crippen LogP contribution >= 0.6 is 11.6 Å². The van der Waals surface area contributed by atoms with Gasteiger partial charge in [-0.15, -0.1) is 0 Å². The molecule has 2 aromatic rings. The van der Waals surface area contributed by atoms with Crippen molar-refractivity contribution >= 4 is 11.6 Å². The Balaban J connectivity index is 1.65. The SMILES string of the molecule is Clc1ccc(CN2CCOC(c3ccccc3)C2)o1. The van der Waals surface area contributed by atoms with E-state index in [2.05, 4.69) is 17.0 Å². The maximum atomic E-state index is 5.84. The lowest BCUT2D eigenvalue weighted by molar-refractivity contribution is -0.0346. The first kappa shape index (κ1) is 12.7. The van der Waals surface area contributed by atoms with Gasteiger partial charge in [0.1, 0.15) is 5.76 Å². The maximum Gasteiger partial charge on any atom is 0.193 e. The highest BCUT2D eigenvalue weighted by Crippen LogP contribution is 2.23. The fraction of sp³-hybridized carbons (Fsp3) is 0.333. The van der Waals surface area contributed by atoms with Gasteiger partial charge in [-0.05, 0) is 29.3 Å². The maximum absolute atomic E-state index is 5.84. The Hall–Kier alpha value is -1.29. The molecule has 1 aromatic heterocycles. The summed E-state index contributed by atoms with van der Waals surface area (Å²) in [4.78, 5) is 2.33. The molecule has 0 N–H and O–H groups in total. The van der Waals surface area contributed by atoms with E-state index in [1.54, 1.807) is 6.07 Å². The normalized spacial score (nSPS) is 20.6. The first-order chi connectivity index (χ1) is 9.31. The fourth-order valence-corrected chi connectivity index (χ4v) is 2.53. The molecule has 1 aromatic carbocycles. The molecule has 2 heterocycles. The van der Waals surface area contributed by atoms with Gasteiger partial charge in [0.15, 0.2) is 5.22 Å². The zero-order valence-corrected chi connectivity index (χ0v) is 11.3. The summed E-state index contributed by atoms with van der Waals surface area (Å²) in [6, 6.07) is 14.0. The van der Waals surface area contributed by atoms with Crippen LogP contribution < -0.4 is 0 Å². The average molecular weight is 278 g/mol. The fourth-order valence-electron chi connectivity index (χ4n) is 2.37. The second-order valence-electron chi connectivity index (χ2n) is 4.71. The molecule has 0 aliphatic carbocycles. The van der Waals surface area contributed by atoms with Crippen molar-refractivity contribution in [1.29, 1.82) is 0 Å². The summed E-state index contributed by atoms with van der Waals surface area (Å²) in [5, 5.41) is 0.447. The van der Waals surface area contributed by atoms with E-state index in [9.17, 15) is 0 Å². The molecule has 0 spiro atoms. The molecule has 0 radical (unpaired) electrons. The molecule has 0 amide bonds. The third kappa shape index (κ3) is 3.18. The molecular formula is C15H16ClNO2. The van der Waals surface area contributed by atoms with Gasteiger partial charge < -0.3 is 9.15 Å². The molecular weight excluding hydrogens is 262 g/mol. The van der Waals surface area contributed by atoms with Crippen LogP contribution in [0.2, 0.25) is 5.22 Å². The van der Waals surface area contributed by atoms with Crippen molar-refractivity contribution in [3.63, 3.8) is 0 Å². The first-order valence-electron chi connectivity index (χ1n) is 6.44. The van der Waals surface area contributed by atoms with E-state index in [-0.39, 0.29) is 6.10 Å². The molecule has 3 nitrogen and oxygen atoms in total. The summed E-state index contributed by atoms with van der Waals surface area (Å²) in [5.74, 6) is 0.902. The smallest absolute Gasteiger partial charge is 0.193 e. The molecule has 1 saturated heterocycles. The standard InChI is InChI=1S/C15H16ClNO2/c16-15-7-6-13(19-15)10-17-8-9-18-14(11-17)12-4-2-1-3-5-12/h1-7,14H,8-11H2. The molecule has 1 aliphatic heterocycles. The van der Waals surface area contributed by atoms with Crippen LogP contribution in [0.15, 0.2) is 46.9 Å². The van der Waals surface area contributed by atoms with E-state index in [0.29, 0.717) is 5.22 Å². The minimum atomic E-state index is 0.139. The molecule has 100 valence electrons. The molecule has 1 unspecified atom stereocenters. The van der Waals surface area contributed by atoms with Crippen LogP contribution in [0.25, 0.3) is 0 Å². The molecule has 3 rings (SSSR count). The Kier molecular flexibility index (Phi) is 3.87. The highest BCUT2D eigenvalue weighted by Gasteiger charge is 2.22. The Morgan fingerprint density at radius 3 is 2.74 bits per heavy atom. The van der Waals surface area contributed by atoms with Crippen molar-refractivity contribution in [2.75, 3.05) is 19.7 Å². The minimum Gasteiger partial charge on any atom is -0.448 e. The monoisotopic (exact) mass is 277 g/mol. The molecule has 19 heavy (non-hydrogen) atoms. The van der Waals surface area contributed by atoms with Crippen molar-refractivity contribution < 1.29 is 9.15 Å². The minimum absolute atomic E-state index is 0.139. The summed E-state index contributed by atoms with van der Waals surface area (Å²) >= 11 is 5.79. The van der Waals surface area contributed by atoms with Gasteiger partial charge in [0.25, 0.3) is 0 Å². The number of ether oxygens (including phenoxy) is 1. The van der Waals surface area contributed by atoms with Crippen molar-refractivity contribution in [2.24, 2.45) is 0 Å². The quantitative estimate of drug-likeness (QED) is 0.859. The summed E-state index contributed by atoms with van der Waals surface area (Å²) in [6.45, 7) is 3.32. The summed E-state index contributed by atoms with van der Waals surface area (Å²) in [5.41, 5.74) is 1.23. The largest absolute Gasteiger partial charge is 0.448 e. The van der Waals surface area contributed by atoms with E-state index in [0.717, 1.165) is 32.0 Å². The van der Waals surface area contributed by atoms with Crippen LogP contribution in [0.5, 0.6) is 0 Å². The van der Waals surface area contributed by atoms with Crippen molar-refractivity contribution in [3.05, 3.63) is 59.0 Å². The molecule has 0 saturated carbocycles. The number of rotatable bonds is 3. The summed E-state index contributed by atoms with van der Waals surface area (Å²) in [7, 11) is 0. The lowest BCUT2D eigenvalue weighted by atomic mass is 10.1. The Labute approximate surface area is 117 Å². The molecule has 1 aliphatic rings. The zero-order valence-electron chi connectivity index (χ0n) is 10.6. The van der Waals surface area contributed by atoms with Gasteiger partial charge in [-0.2, -0.15) is 0 Å². The second kappa shape index (κ2) is 5.78. The molecule has 4 heteroatoms. The topological polar surface area (TPSA) is 25.6 Å². The van der Waals surface area contributed by atoms with Gasteiger partial charge in [0, 0.05) is 13.1 Å². The third-order valence-electron chi connectivity index (χ3n) is 3.33. The van der Waals surface area contributed by atoms with Crippen LogP contribution in [0, 0.1) is 0 Å². The lowest BCUT2D eigenvalue weighted by Gasteiger charge is -2.32. The van der Waals surface area contributed by atoms with Crippen molar-refractivity contribution in [1.82, 2.24) is 4.90 Å². The van der Waals surface area contributed by atoms with Crippen molar-refractivity contribution in [3.8, 4) is 0 Å². The molecule has 1 fully saturated rings. The molecule has 0 bridgehead atoms. The number of halogens is 1. The number of morpholine rings is 1. The highest BCUT2D eigenvalue weighted by atomic mass is 35.5. The Morgan fingerprint density at radius 1 is 1.16 bits per heavy atom. The summed E-state index contributed by atoms with van der Waals surface area (Å²) in [6.07, 6.45) is 0.139. The number of nitrogens with zero attached hydrogens (tertiary/aromatic N) is 1. The van der Waals surface area contributed by atoms with Gasteiger partial charge in [-0.25, -0.2) is 0 Å². The van der Waals surface area contributed by atoms with Gasteiger partial charge in [0.2, 0.25) is 0 Å². The second-order valence-corrected chi connectivity index (χ2v) is 5.08. The Morgan fingerprint density at radius 2 is 2.00 bits per heavy atom. The summed E-state index contributed by atoms with van der Waals surface area (Å²) < 4.78 is 11.2. The first-order valence-corrected chi connectivity index (χ1v) is 6.82. The van der Waals surface area contributed by atoms with Gasteiger partial charge in [0.05, 0.1) is 19.3 Å². The number of furan rings is 1. The van der Waals surface area contributed by atoms with Gasteiger partial charge in [-0.1, -0.05) is 30.3 Å². The predicted molar refractivity (Wildman–Crippen MR) is 74.1 cm³/mol. The van der Waals surface area contributed by atoms with Crippen LogP contribution in [-0.2, 0) is 11.3 Å². The van der Waals surface area contributed by atoms with E-state index in [4.69, 9.17) is 20.8 Å². The Bertz CT molecular complexity index is 526. The number of hydrogen-bond acceptors (Lipinski definition) is 3. The van der Waals surface area contributed by atoms with Crippen LogP contribution in [0.4, 0.5) is 0 Å². The lowest BCUT2D eigenvalue weighted by Crippen LogP contribution is -2.37. The number of benzene rings is 1. The predicted octanol–water partition coefficient (Wildman–Crippen LogP) is 3.51. The van der Waals surface area contributed by atoms with Crippen LogP contribution in [0.1, 0.15) is 17.4 Å². The van der Waals surface area contributed by atoms with E-state index >= 15 is 0 Å². The van der Waals surface area contributed by atoms with Crippen LogP contribution in [0.3, 0.4) is 0 Å².